The summed E-state index contributed by atoms with van der Waals surface area (Å²) in [5.41, 5.74) is 0. The molecule has 0 atom stereocenters. The molecular formula is H8KNaO8P2. The van der Waals surface area contributed by atoms with Crippen LogP contribution in [-0.4, -0.2) is 106 Å². The number of rotatable bonds is 2. The molecule has 68 valence electrons. The normalized spacial score (nSPS) is 10.3. The van der Waals surface area contributed by atoms with Gasteiger partial charge in [0.15, 0.2) is 0 Å². The Morgan fingerprint density at radius 3 is 1.08 bits per heavy atom. The molecule has 0 aromatic rings. The second kappa shape index (κ2) is 9.11. The number of hydrogen-bond acceptors (Lipinski definition) is 3. The Bertz CT molecular complexity index is 157. The first-order chi connectivity index (χ1) is 3.71. The van der Waals surface area contributed by atoms with Crippen LogP contribution in [0.15, 0.2) is 0 Å². The fourth-order valence-corrected chi connectivity index (χ4v) is 1.25. The van der Waals surface area contributed by atoms with Crippen LogP contribution < -0.4 is 0 Å². The molecule has 0 aliphatic carbocycles. The second-order valence-corrected chi connectivity index (χ2v) is 3.68. The van der Waals surface area contributed by atoms with Gasteiger partial charge in [-0.05, 0) is 0 Å². The molecule has 12 heteroatoms. The second-order valence-electron chi connectivity index (χ2n) is 1.06. The van der Waals surface area contributed by atoms with Gasteiger partial charge in [0.1, 0.15) is 0 Å². The van der Waals surface area contributed by atoms with Crippen LogP contribution >= 0.6 is 15.6 Å². The summed E-state index contributed by atoms with van der Waals surface area (Å²) in [6.07, 6.45) is 0. The minimum atomic E-state index is -5.05. The van der Waals surface area contributed by atoms with Crippen LogP contribution in [0.4, 0.5) is 0 Å². The van der Waals surface area contributed by atoms with Crippen molar-refractivity contribution in [1.29, 1.82) is 0 Å². The summed E-state index contributed by atoms with van der Waals surface area (Å²) >= 11 is 0. The molecule has 8 nitrogen and oxygen atoms in total. The maximum atomic E-state index is 9.63. The van der Waals surface area contributed by atoms with E-state index in [2.05, 4.69) is 4.31 Å². The van der Waals surface area contributed by atoms with Gasteiger partial charge in [0.25, 0.3) is 0 Å². The average Bonchev–Trinajstić information content (AvgIpc) is 1.14. The molecule has 0 aromatic carbocycles. The molecule has 0 saturated carbocycles. The van der Waals surface area contributed by atoms with Crippen molar-refractivity contribution in [3.8, 4) is 0 Å². The average molecular weight is 260 g/mol. The third kappa shape index (κ3) is 23.0. The van der Waals surface area contributed by atoms with E-state index in [4.69, 9.17) is 19.6 Å². The van der Waals surface area contributed by atoms with Crippen molar-refractivity contribution in [2.45, 2.75) is 0 Å². The third-order valence-electron chi connectivity index (χ3n) is 0.213. The van der Waals surface area contributed by atoms with E-state index in [0.29, 0.717) is 0 Å². The number of hydrogen-bond donors (Lipinski definition) is 4. The summed E-state index contributed by atoms with van der Waals surface area (Å²) in [5, 5.41) is 0. The SMILES string of the molecule is O.O=P(O)(O)OP(=O)(O)O.[KH].[NaH]. The summed E-state index contributed by atoms with van der Waals surface area (Å²) in [4.78, 5) is 31.0. The standard InChI is InChI=1S/K.Na.H4O7P2.H2O.2H/c;;1-8(2,3)7-9(4,5)6;;;/h;;(H2,1,2,3)(H2,4,5,6);1H2;;. The fourth-order valence-electron chi connectivity index (χ4n) is 0.139. The van der Waals surface area contributed by atoms with Crippen molar-refractivity contribution in [2.75, 3.05) is 0 Å². The molecule has 0 aliphatic rings. The molecule has 6 N–H and O–H groups in total. The Morgan fingerprint density at radius 2 is 1.08 bits per heavy atom. The van der Waals surface area contributed by atoms with Gasteiger partial charge >= 0.3 is 96.6 Å². The summed E-state index contributed by atoms with van der Waals surface area (Å²) in [6, 6.07) is 0. The van der Waals surface area contributed by atoms with Gasteiger partial charge in [-0.1, -0.05) is 0 Å². The molecule has 0 heterocycles. The maximum absolute atomic E-state index is 9.63. The van der Waals surface area contributed by atoms with Gasteiger partial charge in [-0.15, -0.1) is 0 Å². The first-order valence-corrected chi connectivity index (χ1v) is 4.59. The predicted octanol–water partition coefficient (Wildman–Crippen LogP) is -2.93. The van der Waals surface area contributed by atoms with E-state index in [1.807, 2.05) is 0 Å². The molecule has 0 aromatic heterocycles. The molecule has 0 saturated heterocycles. The van der Waals surface area contributed by atoms with Gasteiger partial charge in [0, 0.05) is 0 Å². The van der Waals surface area contributed by atoms with Crippen molar-refractivity contribution in [3.63, 3.8) is 0 Å². The van der Waals surface area contributed by atoms with Crippen LogP contribution in [0.2, 0.25) is 0 Å². The Balaban J connectivity index is -0.000000107. The summed E-state index contributed by atoms with van der Waals surface area (Å²) in [6.45, 7) is 0. The Labute approximate surface area is 133 Å². The zero-order valence-electron chi connectivity index (χ0n) is 4.41. The van der Waals surface area contributed by atoms with Gasteiger partial charge in [-0.3, -0.25) is 0 Å². The van der Waals surface area contributed by atoms with E-state index in [-0.39, 0.29) is 86.4 Å². The zero-order chi connectivity index (χ0) is 7.71. The predicted molar refractivity (Wildman–Crippen MR) is 43.1 cm³/mol. The summed E-state index contributed by atoms with van der Waals surface area (Å²) in [5.74, 6) is 0. The molecule has 0 unspecified atom stereocenters. The molecule has 0 radical (unpaired) electrons. The quantitative estimate of drug-likeness (QED) is 0.305. The van der Waals surface area contributed by atoms with E-state index in [1.54, 1.807) is 0 Å². The molecule has 0 fully saturated rings. The summed E-state index contributed by atoms with van der Waals surface area (Å²) < 4.78 is 22.2. The first-order valence-electron chi connectivity index (χ1n) is 1.53. The van der Waals surface area contributed by atoms with Gasteiger partial charge in [0.2, 0.25) is 0 Å². The monoisotopic (exact) mass is 260 g/mol. The van der Waals surface area contributed by atoms with Crippen LogP contribution in [0.25, 0.3) is 0 Å². The van der Waals surface area contributed by atoms with Crippen LogP contribution in [0.5, 0.6) is 0 Å². The topological polar surface area (TPSA) is 156 Å². The third-order valence-corrected chi connectivity index (χ3v) is 1.91. The molecule has 0 aliphatic heterocycles. The molecule has 12 heavy (non-hydrogen) atoms. The van der Waals surface area contributed by atoms with Gasteiger partial charge in [0.05, 0.1) is 0 Å². The summed E-state index contributed by atoms with van der Waals surface area (Å²) in [7, 11) is -10.1. The van der Waals surface area contributed by atoms with E-state index in [9.17, 15) is 9.13 Å². The Hall–Kier alpha value is 2.86. The fraction of sp³-hybridized carbons (Fsp3) is 0. The molecular weight excluding hydrogens is 252 g/mol. The van der Waals surface area contributed by atoms with Gasteiger partial charge < -0.3 is 25.0 Å². The van der Waals surface area contributed by atoms with Crippen molar-refractivity contribution in [1.82, 2.24) is 0 Å². The van der Waals surface area contributed by atoms with E-state index in [1.165, 1.54) is 0 Å². The van der Waals surface area contributed by atoms with Crippen LogP contribution in [-0.2, 0) is 13.4 Å². The Morgan fingerprint density at radius 1 is 0.917 bits per heavy atom. The molecule has 0 spiro atoms. The minimum absolute atomic E-state index is 0. The van der Waals surface area contributed by atoms with E-state index < -0.39 is 15.6 Å². The van der Waals surface area contributed by atoms with Crippen molar-refractivity contribution in [2.24, 2.45) is 0 Å². The van der Waals surface area contributed by atoms with Gasteiger partial charge in [-0.2, -0.15) is 4.31 Å². The first kappa shape index (κ1) is 24.2. The van der Waals surface area contributed by atoms with Crippen molar-refractivity contribution < 1.29 is 38.5 Å². The Kier molecular flexibility index (Phi) is 18.4. The van der Waals surface area contributed by atoms with Crippen molar-refractivity contribution in [3.05, 3.63) is 0 Å². The van der Waals surface area contributed by atoms with Crippen molar-refractivity contribution >= 4 is 96.6 Å². The van der Waals surface area contributed by atoms with Crippen LogP contribution in [0.1, 0.15) is 0 Å². The van der Waals surface area contributed by atoms with E-state index >= 15 is 0 Å². The number of phosphoric acid groups is 2. The van der Waals surface area contributed by atoms with Crippen LogP contribution in [0, 0.1) is 0 Å². The molecule has 0 rings (SSSR count). The molecule has 0 amide bonds. The van der Waals surface area contributed by atoms with Gasteiger partial charge in [-0.25, -0.2) is 9.13 Å². The van der Waals surface area contributed by atoms with E-state index in [0.717, 1.165) is 0 Å². The van der Waals surface area contributed by atoms with Crippen LogP contribution in [0.3, 0.4) is 0 Å². The zero-order valence-corrected chi connectivity index (χ0v) is 6.20. The molecule has 0 bridgehead atoms.